The lowest BCUT2D eigenvalue weighted by atomic mass is 10.1. The molecule has 0 spiro atoms. The van der Waals surface area contributed by atoms with Gasteiger partial charge in [-0.1, -0.05) is 39.7 Å². The summed E-state index contributed by atoms with van der Waals surface area (Å²) in [7, 11) is -3.48. The fourth-order valence-corrected chi connectivity index (χ4v) is 5.90. The largest absolute Gasteiger partial charge is 0.334 e. The van der Waals surface area contributed by atoms with Gasteiger partial charge in [-0.05, 0) is 42.0 Å². The number of hydrogen-bond acceptors (Lipinski definition) is 4. The summed E-state index contributed by atoms with van der Waals surface area (Å²) >= 11 is 10.7. The molecule has 1 aromatic carbocycles. The number of hydrogen-bond donors (Lipinski definition) is 2. The highest BCUT2D eigenvalue weighted by Gasteiger charge is 2.27. The van der Waals surface area contributed by atoms with E-state index >= 15 is 0 Å². The van der Waals surface area contributed by atoms with Gasteiger partial charge in [-0.3, -0.25) is 0 Å². The first kappa shape index (κ1) is 20.6. The summed E-state index contributed by atoms with van der Waals surface area (Å²) in [6.45, 7) is 1.34. The molecular formula is C17H19BrClN3O3S2. The quantitative estimate of drug-likeness (QED) is 0.666. The Kier molecular flexibility index (Phi) is 6.80. The summed E-state index contributed by atoms with van der Waals surface area (Å²) in [6, 6.07) is 8.48. The monoisotopic (exact) mass is 491 g/mol. The number of amides is 2. The van der Waals surface area contributed by atoms with Crippen LogP contribution in [-0.4, -0.2) is 38.5 Å². The van der Waals surface area contributed by atoms with Gasteiger partial charge < -0.3 is 10.2 Å². The molecule has 146 valence electrons. The lowest BCUT2D eigenvalue weighted by Crippen LogP contribution is -2.49. The molecule has 2 N–H and O–H groups in total. The lowest BCUT2D eigenvalue weighted by Gasteiger charge is -2.32. The first-order chi connectivity index (χ1) is 12.8. The number of piperidine rings is 1. The van der Waals surface area contributed by atoms with Gasteiger partial charge in [0.25, 0.3) is 0 Å². The number of carbonyl (C=O) groups is 1. The number of sulfonamides is 1. The molecule has 1 aromatic heterocycles. The number of nitrogens with zero attached hydrogens (tertiary/aromatic N) is 1. The molecule has 2 amide bonds. The summed E-state index contributed by atoms with van der Waals surface area (Å²) < 4.78 is 28.5. The number of likely N-dealkylation sites (tertiary alicyclic amines) is 1. The minimum Gasteiger partial charge on any atom is -0.334 e. The van der Waals surface area contributed by atoms with E-state index in [9.17, 15) is 13.2 Å². The van der Waals surface area contributed by atoms with Crippen molar-refractivity contribution >= 4 is 54.9 Å². The minimum atomic E-state index is -3.48. The molecule has 27 heavy (non-hydrogen) atoms. The Hall–Kier alpha value is -1.13. The normalized spacial score (nSPS) is 15.7. The molecule has 0 aliphatic carbocycles. The standard InChI is InChI=1S/C17H19BrClN3O3S2/c18-13-4-3-12(15(19)10-13)11-20-17(23)22-7-5-14(6-8-22)21-27(24,25)16-2-1-9-26-16/h1-4,9-10,14,21H,5-8,11H2,(H,20,23). The van der Waals surface area contributed by atoms with Crippen LogP contribution < -0.4 is 10.0 Å². The SMILES string of the molecule is O=C(NCc1ccc(Br)cc1Cl)N1CCC(NS(=O)(=O)c2cccs2)CC1. The Labute approximate surface area is 176 Å². The predicted octanol–water partition coefficient (Wildman–Crippen LogP) is 3.82. The van der Waals surface area contributed by atoms with Crippen LogP contribution >= 0.6 is 38.9 Å². The zero-order valence-electron chi connectivity index (χ0n) is 14.3. The average Bonchev–Trinajstić information content (AvgIpc) is 3.17. The second-order valence-corrected chi connectivity index (χ2v) is 10.4. The number of urea groups is 1. The maximum absolute atomic E-state index is 12.4. The highest BCUT2D eigenvalue weighted by atomic mass is 79.9. The topological polar surface area (TPSA) is 78.5 Å². The Balaban J connectivity index is 1.48. The number of halogens is 2. The number of rotatable bonds is 5. The second-order valence-electron chi connectivity index (χ2n) is 6.21. The van der Waals surface area contributed by atoms with Crippen LogP contribution in [0.3, 0.4) is 0 Å². The molecule has 0 atom stereocenters. The van der Waals surface area contributed by atoms with Crippen molar-refractivity contribution in [3.8, 4) is 0 Å². The van der Waals surface area contributed by atoms with Crippen molar-refractivity contribution in [2.75, 3.05) is 13.1 Å². The van der Waals surface area contributed by atoms with Crippen molar-refractivity contribution in [2.45, 2.75) is 29.6 Å². The molecule has 0 bridgehead atoms. The molecule has 0 radical (unpaired) electrons. The Morgan fingerprint density at radius 3 is 2.67 bits per heavy atom. The van der Waals surface area contributed by atoms with Crippen molar-refractivity contribution < 1.29 is 13.2 Å². The highest BCUT2D eigenvalue weighted by Crippen LogP contribution is 2.22. The van der Waals surface area contributed by atoms with E-state index in [1.165, 1.54) is 11.3 Å². The Morgan fingerprint density at radius 2 is 2.04 bits per heavy atom. The first-order valence-electron chi connectivity index (χ1n) is 8.38. The van der Waals surface area contributed by atoms with E-state index in [0.717, 1.165) is 10.0 Å². The van der Waals surface area contributed by atoms with E-state index in [1.807, 2.05) is 12.1 Å². The van der Waals surface area contributed by atoms with Crippen LogP contribution in [0, 0.1) is 0 Å². The first-order valence-corrected chi connectivity index (χ1v) is 11.9. The van der Waals surface area contributed by atoms with E-state index in [0.29, 0.717) is 41.7 Å². The van der Waals surface area contributed by atoms with E-state index in [2.05, 4.69) is 26.0 Å². The molecule has 10 heteroatoms. The van der Waals surface area contributed by atoms with Crippen molar-refractivity contribution in [3.63, 3.8) is 0 Å². The van der Waals surface area contributed by atoms with Gasteiger partial charge in [0.05, 0.1) is 0 Å². The molecule has 2 aromatic rings. The third-order valence-electron chi connectivity index (χ3n) is 4.31. The van der Waals surface area contributed by atoms with Crippen LogP contribution in [0.2, 0.25) is 5.02 Å². The summed E-state index contributed by atoms with van der Waals surface area (Å²) in [5.74, 6) is 0. The Bertz CT molecular complexity index is 898. The maximum atomic E-state index is 12.4. The number of thiophene rings is 1. The van der Waals surface area contributed by atoms with Crippen molar-refractivity contribution in [1.29, 1.82) is 0 Å². The molecule has 3 rings (SSSR count). The molecule has 6 nitrogen and oxygen atoms in total. The third-order valence-corrected chi connectivity index (χ3v) is 8.07. The van der Waals surface area contributed by atoms with Crippen LogP contribution in [0.1, 0.15) is 18.4 Å². The Morgan fingerprint density at radius 1 is 1.30 bits per heavy atom. The third kappa shape index (κ3) is 5.45. The van der Waals surface area contributed by atoms with Crippen LogP contribution in [0.25, 0.3) is 0 Å². The van der Waals surface area contributed by atoms with Crippen molar-refractivity contribution in [3.05, 3.63) is 50.8 Å². The summed E-state index contributed by atoms with van der Waals surface area (Å²) in [5, 5.41) is 5.19. The zero-order valence-corrected chi connectivity index (χ0v) is 18.3. The van der Waals surface area contributed by atoms with Crippen LogP contribution in [0.5, 0.6) is 0 Å². The van der Waals surface area contributed by atoms with Crippen LogP contribution in [0.4, 0.5) is 4.79 Å². The van der Waals surface area contributed by atoms with Gasteiger partial charge >= 0.3 is 6.03 Å². The summed E-state index contributed by atoms with van der Waals surface area (Å²) in [5.41, 5.74) is 0.840. The van der Waals surface area contributed by atoms with Gasteiger partial charge in [-0.2, -0.15) is 0 Å². The number of carbonyl (C=O) groups excluding carboxylic acids is 1. The fourth-order valence-electron chi connectivity index (χ4n) is 2.84. The van der Waals surface area contributed by atoms with E-state index in [-0.39, 0.29) is 12.1 Å². The molecule has 0 saturated carbocycles. The van der Waals surface area contributed by atoms with E-state index in [1.54, 1.807) is 28.5 Å². The summed E-state index contributed by atoms with van der Waals surface area (Å²) in [6.07, 6.45) is 1.16. The molecular weight excluding hydrogens is 474 g/mol. The molecule has 1 saturated heterocycles. The highest BCUT2D eigenvalue weighted by molar-refractivity contribution is 9.10. The lowest BCUT2D eigenvalue weighted by molar-refractivity contribution is 0.179. The maximum Gasteiger partial charge on any atom is 0.317 e. The van der Waals surface area contributed by atoms with Crippen molar-refractivity contribution in [2.24, 2.45) is 0 Å². The number of nitrogens with one attached hydrogen (secondary N) is 2. The number of benzene rings is 1. The van der Waals surface area contributed by atoms with Gasteiger partial charge in [0.2, 0.25) is 10.0 Å². The molecule has 0 unspecified atom stereocenters. The van der Waals surface area contributed by atoms with Gasteiger partial charge in [0, 0.05) is 35.2 Å². The van der Waals surface area contributed by atoms with Gasteiger partial charge in [0.1, 0.15) is 4.21 Å². The van der Waals surface area contributed by atoms with Crippen molar-refractivity contribution in [1.82, 2.24) is 14.9 Å². The van der Waals surface area contributed by atoms with Gasteiger partial charge in [-0.25, -0.2) is 17.9 Å². The van der Waals surface area contributed by atoms with Gasteiger partial charge in [0.15, 0.2) is 0 Å². The molecule has 1 aliphatic rings. The zero-order chi connectivity index (χ0) is 19.4. The fraction of sp³-hybridized carbons (Fsp3) is 0.353. The predicted molar refractivity (Wildman–Crippen MR) is 111 cm³/mol. The molecule has 1 fully saturated rings. The van der Waals surface area contributed by atoms with E-state index in [4.69, 9.17) is 11.6 Å². The van der Waals surface area contributed by atoms with Crippen LogP contribution in [0.15, 0.2) is 44.4 Å². The molecule has 1 aliphatic heterocycles. The smallest absolute Gasteiger partial charge is 0.317 e. The average molecular weight is 493 g/mol. The minimum absolute atomic E-state index is 0.165. The van der Waals surface area contributed by atoms with E-state index < -0.39 is 10.0 Å². The summed E-state index contributed by atoms with van der Waals surface area (Å²) in [4.78, 5) is 14.1. The molecule has 2 heterocycles. The second kappa shape index (κ2) is 8.91. The van der Waals surface area contributed by atoms with Gasteiger partial charge in [-0.15, -0.1) is 11.3 Å². The van der Waals surface area contributed by atoms with Crippen LogP contribution in [-0.2, 0) is 16.6 Å².